The Morgan fingerprint density at radius 2 is 2.00 bits per heavy atom. The summed E-state index contributed by atoms with van der Waals surface area (Å²) in [6, 6.07) is 10.0. The van der Waals surface area contributed by atoms with Gasteiger partial charge in [-0.3, -0.25) is 9.48 Å². The van der Waals surface area contributed by atoms with Crippen molar-refractivity contribution < 1.29 is 9.90 Å². The Hall–Kier alpha value is -2.10. The number of carboxylic acids is 1. The Labute approximate surface area is 106 Å². The first-order valence-electron chi connectivity index (χ1n) is 5.89. The third-order valence-corrected chi connectivity index (χ3v) is 3.01. The molecule has 18 heavy (non-hydrogen) atoms. The van der Waals surface area contributed by atoms with E-state index in [2.05, 4.69) is 5.10 Å². The number of hydrogen-bond acceptors (Lipinski definition) is 2. The minimum absolute atomic E-state index is 0.117. The van der Waals surface area contributed by atoms with Crippen molar-refractivity contribution in [2.75, 3.05) is 0 Å². The number of nitrogens with zero attached hydrogens (tertiary/aromatic N) is 2. The van der Waals surface area contributed by atoms with E-state index in [1.165, 1.54) is 0 Å². The minimum atomic E-state index is -0.790. The highest BCUT2D eigenvalue weighted by Gasteiger charge is 2.14. The number of benzene rings is 1. The predicted octanol–water partition coefficient (Wildman–Crippen LogP) is 2.41. The van der Waals surface area contributed by atoms with E-state index in [9.17, 15) is 4.79 Å². The van der Waals surface area contributed by atoms with Gasteiger partial charge in [0.1, 0.15) is 0 Å². The number of hydrogen-bond donors (Lipinski definition) is 1. The van der Waals surface area contributed by atoms with E-state index in [0.29, 0.717) is 6.42 Å². The summed E-state index contributed by atoms with van der Waals surface area (Å²) in [5, 5.41) is 13.1. The quantitative estimate of drug-likeness (QED) is 0.898. The second-order valence-corrected chi connectivity index (χ2v) is 4.30. The zero-order valence-electron chi connectivity index (χ0n) is 10.6. The van der Waals surface area contributed by atoms with Crippen LogP contribution in [0.4, 0.5) is 0 Å². The van der Waals surface area contributed by atoms with Crippen molar-refractivity contribution in [3.05, 3.63) is 41.6 Å². The molecule has 0 bridgehead atoms. The van der Waals surface area contributed by atoms with Crippen LogP contribution in [0.15, 0.2) is 30.3 Å². The maximum atomic E-state index is 10.6. The molecule has 94 valence electrons. The summed E-state index contributed by atoms with van der Waals surface area (Å²) in [4.78, 5) is 10.6. The average Bonchev–Trinajstić information content (AvgIpc) is 2.63. The number of aryl methyl sites for hydroxylation is 2. The Bertz CT molecular complexity index is 559. The lowest BCUT2D eigenvalue weighted by molar-refractivity contribution is -0.136. The molecule has 0 atom stereocenters. The Morgan fingerprint density at radius 1 is 1.33 bits per heavy atom. The largest absolute Gasteiger partial charge is 0.481 e. The summed E-state index contributed by atoms with van der Waals surface area (Å²) >= 11 is 0. The average molecular weight is 244 g/mol. The smallest absolute Gasteiger partial charge is 0.303 e. The maximum absolute atomic E-state index is 10.6. The van der Waals surface area contributed by atoms with Gasteiger partial charge >= 0.3 is 5.97 Å². The van der Waals surface area contributed by atoms with Gasteiger partial charge in [0.2, 0.25) is 0 Å². The predicted molar refractivity (Wildman–Crippen MR) is 69.3 cm³/mol. The normalized spacial score (nSPS) is 10.6. The van der Waals surface area contributed by atoms with Crippen LogP contribution in [-0.4, -0.2) is 20.9 Å². The van der Waals surface area contributed by atoms with Crippen LogP contribution in [-0.2, 0) is 18.3 Å². The molecule has 1 heterocycles. The molecule has 0 saturated carbocycles. The van der Waals surface area contributed by atoms with Gasteiger partial charge in [-0.15, -0.1) is 0 Å². The maximum Gasteiger partial charge on any atom is 0.303 e. The first-order valence-corrected chi connectivity index (χ1v) is 5.89. The fourth-order valence-electron chi connectivity index (χ4n) is 2.15. The van der Waals surface area contributed by atoms with Crippen LogP contribution in [0.1, 0.15) is 17.7 Å². The van der Waals surface area contributed by atoms with Gasteiger partial charge in [0.25, 0.3) is 0 Å². The SMILES string of the molecule is Cc1c(CCC(=O)O)nn(C)c1-c1ccccc1. The van der Waals surface area contributed by atoms with E-state index in [1.54, 1.807) is 0 Å². The molecule has 0 unspecified atom stereocenters. The van der Waals surface area contributed by atoms with Crippen LogP contribution in [0, 0.1) is 6.92 Å². The summed E-state index contributed by atoms with van der Waals surface area (Å²) in [5.41, 5.74) is 4.08. The summed E-state index contributed by atoms with van der Waals surface area (Å²) in [7, 11) is 1.89. The van der Waals surface area contributed by atoms with Crippen molar-refractivity contribution in [2.45, 2.75) is 19.8 Å². The van der Waals surface area contributed by atoms with E-state index >= 15 is 0 Å². The van der Waals surface area contributed by atoms with Crippen LogP contribution in [0.5, 0.6) is 0 Å². The number of aliphatic carboxylic acids is 1. The van der Waals surface area contributed by atoms with Crippen molar-refractivity contribution >= 4 is 5.97 Å². The molecule has 4 heteroatoms. The van der Waals surface area contributed by atoms with E-state index in [4.69, 9.17) is 5.11 Å². The molecule has 0 aliphatic carbocycles. The molecular weight excluding hydrogens is 228 g/mol. The second kappa shape index (κ2) is 5.04. The summed E-state index contributed by atoms with van der Waals surface area (Å²) < 4.78 is 1.82. The zero-order valence-corrected chi connectivity index (χ0v) is 10.6. The number of carbonyl (C=O) groups is 1. The first kappa shape index (κ1) is 12.4. The number of aromatic nitrogens is 2. The van der Waals surface area contributed by atoms with Crippen molar-refractivity contribution in [3.63, 3.8) is 0 Å². The topological polar surface area (TPSA) is 55.1 Å². The molecular formula is C14H16N2O2. The van der Waals surface area contributed by atoms with Crippen molar-refractivity contribution in [1.82, 2.24) is 9.78 Å². The molecule has 0 amide bonds. The Morgan fingerprint density at radius 3 is 2.61 bits per heavy atom. The number of carboxylic acid groups (broad SMARTS) is 1. The second-order valence-electron chi connectivity index (χ2n) is 4.30. The van der Waals surface area contributed by atoms with Crippen molar-refractivity contribution in [1.29, 1.82) is 0 Å². The lowest BCUT2D eigenvalue weighted by Crippen LogP contribution is -1.99. The molecule has 2 rings (SSSR count). The Balaban J connectivity index is 2.35. The van der Waals surface area contributed by atoms with Gasteiger partial charge in [0.15, 0.2) is 0 Å². The molecule has 0 fully saturated rings. The fourth-order valence-corrected chi connectivity index (χ4v) is 2.15. The van der Waals surface area contributed by atoms with Crippen molar-refractivity contribution in [2.24, 2.45) is 7.05 Å². The summed E-state index contributed by atoms with van der Waals surface area (Å²) in [6.45, 7) is 1.99. The van der Waals surface area contributed by atoms with E-state index in [-0.39, 0.29) is 6.42 Å². The van der Waals surface area contributed by atoms with E-state index in [0.717, 1.165) is 22.5 Å². The lowest BCUT2D eigenvalue weighted by Gasteiger charge is -2.03. The van der Waals surface area contributed by atoms with Crippen LogP contribution in [0.25, 0.3) is 11.3 Å². The van der Waals surface area contributed by atoms with Crippen molar-refractivity contribution in [3.8, 4) is 11.3 Å². The molecule has 0 spiro atoms. The van der Waals surface area contributed by atoms with Gasteiger partial charge in [0, 0.05) is 19.0 Å². The van der Waals surface area contributed by atoms with Gasteiger partial charge in [-0.25, -0.2) is 0 Å². The summed E-state index contributed by atoms with van der Waals surface area (Å²) in [6.07, 6.45) is 0.591. The van der Waals surface area contributed by atoms with E-state index in [1.807, 2.05) is 49.0 Å². The van der Waals surface area contributed by atoms with Crippen LogP contribution >= 0.6 is 0 Å². The van der Waals surface area contributed by atoms with Gasteiger partial charge in [-0.05, 0) is 12.5 Å². The van der Waals surface area contributed by atoms with Crippen LogP contribution < -0.4 is 0 Å². The fraction of sp³-hybridized carbons (Fsp3) is 0.286. The third kappa shape index (κ3) is 2.42. The molecule has 0 aliphatic rings. The van der Waals surface area contributed by atoms with Crippen LogP contribution in [0.3, 0.4) is 0 Å². The highest BCUT2D eigenvalue weighted by molar-refractivity contribution is 5.68. The molecule has 0 radical (unpaired) electrons. The Kier molecular flexibility index (Phi) is 3.46. The minimum Gasteiger partial charge on any atom is -0.481 e. The monoisotopic (exact) mass is 244 g/mol. The molecule has 1 aromatic heterocycles. The highest BCUT2D eigenvalue weighted by Crippen LogP contribution is 2.25. The standard InChI is InChI=1S/C14H16N2O2/c1-10-12(8-9-13(17)18)15-16(2)14(10)11-6-4-3-5-7-11/h3-7H,8-9H2,1-2H3,(H,17,18). The van der Waals surface area contributed by atoms with Gasteiger partial charge in [0.05, 0.1) is 17.8 Å². The highest BCUT2D eigenvalue weighted by atomic mass is 16.4. The molecule has 0 aliphatic heterocycles. The van der Waals surface area contributed by atoms with Gasteiger partial charge in [-0.2, -0.15) is 5.10 Å². The molecule has 1 N–H and O–H groups in total. The molecule has 0 saturated heterocycles. The molecule has 2 aromatic rings. The van der Waals surface area contributed by atoms with Gasteiger partial charge < -0.3 is 5.11 Å². The number of rotatable bonds is 4. The molecule has 4 nitrogen and oxygen atoms in total. The van der Waals surface area contributed by atoms with Crippen LogP contribution in [0.2, 0.25) is 0 Å². The van der Waals surface area contributed by atoms with Gasteiger partial charge in [-0.1, -0.05) is 30.3 Å². The van der Waals surface area contributed by atoms with E-state index < -0.39 is 5.97 Å². The first-order chi connectivity index (χ1) is 8.59. The summed E-state index contributed by atoms with van der Waals surface area (Å²) in [5.74, 6) is -0.790. The third-order valence-electron chi connectivity index (χ3n) is 3.01. The zero-order chi connectivity index (χ0) is 13.1. The lowest BCUT2D eigenvalue weighted by atomic mass is 10.1. The molecule has 1 aromatic carbocycles.